The Hall–Kier alpha value is -0.370. The first-order valence-corrected chi connectivity index (χ1v) is 6.42. The lowest BCUT2D eigenvalue weighted by atomic mass is 9.97. The van der Waals surface area contributed by atoms with Crippen molar-refractivity contribution >= 4 is 5.78 Å². The summed E-state index contributed by atoms with van der Waals surface area (Å²) in [6.07, 6.45) is 6.39. The molecule has 1 unspecified atom stereocenters. The highest BCUT2D eigenvalue weighted by Gasteiger charge is 2.23. The van der Waals surface area contributed by atoms with Gasteiger partial charge in [-0.3, -0.25) is 9.69 Å². The van der Waals surface area contributed by atoms with Gasteiger partial charge in [-0.05, 0) is 25.8 Å². The Morgan fingerprint density at radius 1 is 1.40 bits per heavy atom. The van der Waals surface area contributed by atoms with E-state index >= 15 is 0 Å². The van der Waals surface area contributed by atoms with Crippen molar-refractivity contribution in [3.63, 3.8) is 0 Å². The highest BCUT2D eigenvalue weighted by atomic mass is 16.1. The molecule has 15 heavy (non-hydrogen) atoms. The molecule has 1 atom stereocenters. The first kappa shape index (κ1) is 12.7. The second kappa shape index (κ2) is 6.26. The molecule has 1 aliphatic heterocycles. The molecule has 0 aromatic rings. The monoisotopic (exact) mass is 211 g/mol. The highest BCUT2D eigenvalue weighted by Crippen LogP contribution is 2.20. The third kappa shape index (κ3) is 3.94. The molecule has 2 nitrogen and oxygen atoms in total. The molecule has 0 amide bonds. The van der Waals surface area contributed by atoms with E-state index in [4.69, 9.17) is 0 Å². The van der Waals surface area contributed by atoms with Crippen LogP contribution in [0.25, 0.3) is 0 Å². The number of carbonyl (C=O) groups is 1. The second-order valence-electron chi connectivity index (χ2n) is 5.03. The zero-order valence-corrected chi connectivity index (χ0v) is 10.5. The van der Waals surface area contributed by atoms with Crippen LogP contribution >= 0.6 is 0 Å². The van der Waals surface area contributed by atoms with Crippen molar-refractivity contribution in [3.05, 3.63) is 0 Å². The maximum Gasteiger partial charge on any atom is 0.149 e. The number of hydrogen-bond acceptors (Lipinski definition) is 2. The molecule has 0 N–H and O–H groups in total. The zero-order chi connectivity index (χ0) is 11.3. The quantitative estimate of drug-likeness (QED) is 0.697. The van der Waals surface area contributed by atoms with E-state index in [9.17, 15) is 4.79 Å². The summed E-state index contributed by atoms with van der Waals surface area (Å²) in [4.78, 5) is 14.1. The molecular formula is C13H25NO. The summed E-state index contributed by atoms with van der Waals surface area (Å²) >= 11 is 0. The first-order chi connectivity index (χ1) is 7.15. The lowest BCUT2D eigenvalue weighted by Crippen LogP contribution is -2.43. The van der Waals surface area contributed by atoms with E-state index in [0.29, 0.717) is 18.4 Å². The Labute approximate surface area is 94.0 Å². The summed E-state index contributed by atoms with van der Waals surface area (Å²) in [6.45, 7) is 8.05. The zero-order valence-electron chi connectivity index (χ0n) is 10.5. The third-order valence-electron chi connectivity index (χ3n) is 3.37. The molecular weight excluding hydrogens is 186 g/mol. The molecule has 0 spiro atoms. The molecule has 88 valence electrons. The molecule has 1 saturated heterocycles. The van der Waals surface area contributed by atoms with Crippen molar-refractivity contribution in [1.82, 2.24) is 4.90 Å². The molecule has 0 aromatic carbocycles. The van der Waals surface area contributed by atoms with Gasteiger partial charge in [0, 0.05) is 12.0 Å². The summed E-state index contributed by atoms with van der Waals surface area (Å²) in [5.41, 5.74) is 0. The van der Waals surface area contributed by atoms with Gasteiger partial charge in [-0.15, -0.1) is 0 Å². The Morgan fingerprint density at radius 3 is 2.73 bits per heavy atom. The van der Waals surface area contributed by atoms with Gasteiger partial charge in [-0.25, -0.2) is 0 Å². The fourth-order valence-corrected chi connectivity index (χ4v) is 2.31. The molecule has 2 heteroatoms. The maximum atomic E-state index is 11.7. The van der Waals surface area contributed by atoms with E-state index in [1.54, 1.807) is 0 Å². The van der Waals surface area contributed by atoms with Crippen LogP contribution in [-0.4, -0.2) is 29.8 Å². The van der Waals surface area contributed by atoms with E-state index in [1.165, 1.54) is 32.1 Å². The fraction of sp³-hybridized carbons (Fsp3) is 0.923. The van der Waals surface area contributed by atoms with Crippen LogP contribution in [-0.2, 0) is 4.79 Å². The van der Waals surface area contributed by atoms with Gasteiger partial charge in [-0.1, -0.05) is 33.6 Å². The van der Waals surface area contributed by atoms with Crippen LogP contribution in [0.3, 0.4) is 0 Å². The van der Waals surface area contributed by atoms with Crippen molar-refractivity contribution < 1.29 is 4.79 Å². The predicted molar refractivity (Wildman–Crippen MR) is 64.0 cm³/mol. The van der Waals surface area contributed by atoms with Gasteiger partial charge in [0.15, 0.2) is 0 Å². The summed E-state index contributed by atoms with van der Waals surface area (Å²) in [7, 11) is 0. The molecule has 1 aliphatic rings. The number of ketones is 1. The highest BCUT2D eigenvalue weighted by molar-refractivity contribution is 5.82. The summed E-state index contributed by atoms with van der Waals surface area (Å²) in [6, 6.07) is 0.673. The minimum atomic E-state index is 0.189. The van der Waals surface area contributed by atoms with Gasteiger partial charge < -0.3 is 0 Å². The van der Waals surface area contributed by atoms with Crippen LogP contribution in [0.5, 0.6) is 0 Å². The number of hydrogen-bond donors (Lipinski definition) is 0. The smallest absolute Gasteiger partial charge is 0.149 e. The SMILES string of the molecule is CCCC1CCCCN1CC(=O)C(C)C. The number of piperidine rings is 1. The molecule has 0 aliphatic carbocycles. The van der Waals surface area contributed by atoms with Gasteiger partial charge in [0.05, 0.1) is 6.54 Å². The largest absolute Gasteiger partial charge is 0.298 e. The van der Waals surface area contributed by atoms with Gasteiger partial charge in [0.2, 0.25) is 0 Å². The maximum absolute atomic E-state index is 11.7. The van der Waals surface area contributed by atoms with E-state index in [-0.39, 0.29) is 5.92 Å². The first-order valence-electron chi connectivity index (χ1n) is 6.42. The number of likely N-dealkylation sites (tertiary alicyclic amines) is 1. The Morgan fingerprint density at radius 2 is 2.13 bits per heavy atom. The Kier molecular flexibility index (Phi) is 5.30. The molecule has 1 fully saturated rings. The average Bonchev–Trinajstić information content (AvgIpc) is 2.21. The topological polar surface area (TPSA) is 20.3 Å². The lowest BCUT2D eigenvalue weighted by Gasteiger charge is -2.35. The minimum Gasteiger partial charge on any atom is -0.298 e. The minimum absolute atomic E-state index is 0.189. The van der Waals surface area contributed by atoms with Crippen molar-refractivity contribution in [1.29, 1.82) is 0 Å². The van der Waals surface area contributed by atoms with E-state index in [2.05, 4.69) is 11.8 Å². The van der Waals surface area contributed by atoms with Crippen LogP contribution in [0.15, 0.2) is 0 Å². The number of Topliss-reactive ketones (excluding diaryl/α,β-unsaturated/α-hetero) is 1. The van der Waals surface area contributed by atoms with Crippen LogP contribution in [0, 0.1) is 5.92 Å². The fourth-order valence-electron chi connectivity index (χ4n) is 2.31. The van der Waals surface area contributed by atoms with Crippen LogP contribution in [0.2, 0.25) is 0 Å². The summed E-state index contributed by atoms with van der Waals surface area (Å²) < 4.78 is 0. The summed E-state index contributed by atoms with van der Waals surface area (Å²) in [5.74, 6) is 0.590. The van der Waals surface area contributed by atoms with Crippen LogP contribution in [0.1, 0.15) is 52.9 Å². The average molecular weight is 211 g/mol. The van der Waals surface area contributed by atoms with Crippen molar-refractivity contribution in [2.45, 2.75) is 58.9 Å². The normalized spacial score (nSPS) is 23.3. The van der Waals surface area contributed by atoms with Gasteiger partial charge in [0.25, 0.3) is 0 Å². The van der Waals surface area contributed by atoms with Gasteiger partial charge in [0.1, 0.15) is 5.78 Å². The van der Waals surface area contributed by atoms with Crippen LogP contribution < -0.4 is 0 Å². The molecule has 0 bridgehead atoms. The van der Waals surface area contributed by atoms with Gasteiger partial charge in [-0.2, -0.15) is 0 Å². The number of carbonyl (C=O) groups excluding carboxylic acids is 1. The summed E-state index contributed by atoms with van der Waals surface area (Å²) in [5, 5.41) is 0. The number of rotatable bonds is 5. The molecule has 1 rings (SSSR count). The van der Waals surface area contributed by atoms with Crippen LogP contribution in [0.4, 0.5) is 0 Å². The standard InChI is InChI=1S/C13H25NO/c1-4-7-12-8-5-6-9-14(12)10-13(15)11(2)3/h11-12H,4-10H2,1-3H3. The van der Waals surface area contributed by atoms with Crippen molar-refractivity contribution in [3.8, 4) is 0 Å². The van der Waals surface area contributed by atoms with Gasteiger partial charge >= 0.3 is 0 Å². The Balaban J connectivity index is 2.45. The van der Waals surface area contributed by atoms with Crippen molar-refractivity contribution in [2.24, 2.45) is 5.92 Å². The predicted octanol–water partition coefficient (Wildman–Crippen LogP) is 2.87. The second-order valence-corrected chi connectivity index (χ2v) is 5.03. The molecule has 0 radical (unpaired) electrons. The lowest BCUT2D eigenvalue weighted by molar-refractivity contribution is -0.124. The van der Waals surface area contributed by atoms with E-state index in [1.807, 2.05) is 13.8 Å². The van der Waals surface area contributed by atoms with E-state index in [0.717, 1.165) is 6.54 Å². The molecule has 0 saturated carbocycles. The van der Waals surface area contributed by atoms with Crippen molar-refractivity contribution in [2.75, 3.05) is 13.1 Å². The third-order valence-corrected chi connectivity index (χ3v) is 3.37. The Bertz CT molecular complexity index is 199. The molecule has 1 heterocycles. The van der Waals surface area contributed by atoms with E-state index < -0.39 is 0 Å². The number of nitrogens with zero attached hydrogens (tertiary/aromatic N) is 1. The molecule has 0 aromatic heterocycles.